The molecular weight excluding hydrogens is 286 g/mol. The number of aliphatic imine (C=N–C) groups is 1. The summed E-state index contributed by atoms with van der Waals surface area (Å²) in [6, 6.07) is 5.75. The highest BCUT2D eigenvalue weighted by Gasteiger charge is 2.35. The molecule has 1 aromatic carbocycles. The Morgan fingerprint density at radius 1 is 1.57 bits per heavy atom. The third kappa shape index (κ3) is 3.77. The number of rotatable bonds is 5. The number of aliphatic hydroxyl groups excluding tert-OH is 1. The van der Waals surface area contributed by atoms with Crippen LogP contribution in [-0.4, -0.2) is 41.5 Å². The molecule has 0 saturated heterocycles. The number of carbonyl (C=O) groups excluding carboxylic acids is 1. The van der Waals surface area contributed by atoms with Gasteiger partial charge in [-0.2, -0.15) is 11.8 Å². The maximum atomic E-state index is 11.5. The van der Waals surface area contributed by atoms with E-state index in [1.165, 1.54) is 0 Å². The Morgan fingerprint density at radius 2 is 2.33 bits per heavy atom. The molecule has 1 aliphatic carbocycles. The van der Waals surface area contributed by atoms with E-state index in [4.69, 9.17) is 5.73 Å². The third-order valence-electron chi connectivity index (χ3n) is 3.57. The summed E-state index contributed by atoms with van der Waals surface area (Å²) in [5, 5.41) is 13.2. The molecule has 4 N–H and O–H groups in total. The lowest BCUT2D eigenvalue weighted by molar-refractivity contribution is -0.121. The lowest BCUT2D eigenvalue weighted by atomic mass is 9.99. The van der Waals surface area contributed by atoms with E-state index in [2.05, 4.69) is 10.3 Å². The lowest BCUT2D eigenvalue weighted by Gasteiger charge is -2.13. The number of primary amides is 1. The van der Waals surface area contributed by atoms with Crippen LogP contribution < -0.4 is 11.1 Å². The SMILES string of the molecule is CSCCN=C(C)Nc1ccc2c(c1)[C@@H](C(N)=O)[C@H](O)C2. The quantitative estimate of drug-likeness (QED) is 0.435. The predicted molar refractivity (Wildman–Crippen MR) is 88.1 cm³/mol. The monoisotopic (exact) mass is 307 g/mol. The molecule has 1 amide bonds. The van der Waals surface area contributed by atoms with E-state index in [0.29, 0.717) is 6.42 Å². The van der Waals surface area contributed by atoms with Gasteiger partial charge in [-0.1, -0.05) is 6.07 Å². The lowest BCUT2D eigenvalue weighted by Crippen LogP contribution is -2.28. The molecule has 0 unspecified atom stereocenters. The van der Waals surface area contributed by atoms with Crippen molar-refractivity contribution in [3.05, 3.63) is 29.3 Å². The smallest absolute Gasteiger partial charge is 0.227 e. The number of benzene rings is 1. The fraction of sp³-hybridized carbons (Fsp3) is 0.467. The Hall–Kier alpha value is -1.53. The topological polar surface area (TPSA) is 87.7 Å². The molecule has 21 heavy (non-hydrogen) atoms. The van der Waals surface area contributed by atoms with Gasteiger partial charge < -0.3 is 16.2 Å². The zero-order valence-electron chi connectivity index (χ0n) is 12.3. The number of hydrogen-bond donors (Lipinski definition) is 3. The zero-order valence-corrected chi connectivity index (χ0v) is 13.1. The molecule has 0 aromatic heterocycles. The summed E-state index contributed by atoms with van der Waals surface area (Å²) in [5.41, 5.74) is 8.05. The van der Waals surface area contributed by atoms with Gasteiger partial charge in [0.1, 0.15) is 0 Å². The van der Waals surface area contributed by atoms with Gasteiger partial charge in [-0.15, -0.1) is 0 Å². The number of amidine groups is 1. The number of nitrogens with zero attached hydrogens (tertiary/aromatic N) is 1. The van der Waals surface area contributed by atoms with Crippen LogP contribution >= 0.6 is 11.8 Å². The maximum absolute atomic E-state index is 11.5. The van der Waals surface area contributed by atoms with Gasteiger partial charge in [0.2, 0.25) is 5.91 Å². The van der Waals surface area contributed by atoms with E-state index >= 15 is 0 Å². The molecule has 5 nitrogen and oxygen atoms in total. The summed E-state index contributed by atoms with van der Waals surface area (Å²) < 4.78 is 0. The van der Waals surface area contributed by atoms with Crippen LogP contribution in [0.2, 0.25) is 0 Å². The number of amides is 1. The number of thioether (sulfide) groups is 1. The van der Waals surface area contributed by atoms with Crippen molar-refractivity contribution in [1.29, 1.82) is 0 Å². The van der Waals surface area contributed by atoms with E-state index in [9.17, 15) is 9.90 Å². The van der Waals surface area contributed by atoms with Gasteiger partial charge in [0.05, 0.1) is 17.9 Å². The van der Waals surface area contributed by atoms with Crippen LogP contribution in [0.3, 0.4) is 0 Å². The second-order valence-electron chi connectivity index (χ2n) is 5.15. The van der Waals surface area contributed by atoms with Gasteiger partial charge in [0.15, 0.2) is 0 Å². The summed E-state index contributed by atoms with van der Waals surface area (Å²) in [6.07, 6.45) is 1.81. The summed E-state index contributed by atoms with van der Waals surface area (Å²) in [6.45, 7) is 2.68. The second kappa shape index (κ2) is 6.95. The molecule has 0 aliphatic heterocycles. The van der Waals surface area contributed by atoms with Gasteiger partial charge in [-0.3, -0.25) is 9.79 Å². The van der Waals surface area contributed by atoms with Crippen LogP contribution in [0.5, 0.6) is 0 Å². The molecular formula is C15H21N3O2S. The van der Waals surface area contributed by atoms with Gasteiger partial charge in [-0.05, 0) is 42.9 Å². The van der Waals surface area contributed by atoms with E-state index in [1.54, 1.807) is 11.8 Å². The number of aliphatic hydroxyl groups is 1. The Morgan fingerprint density at radius 3 is 3.00 bits per heavy atom. The van der Waals surface area contributed by atoms with Crippen LogP contribution in [0.25, 0.3) is 0 Å². The molecule has 6 heteroatoms. The molecule has 2 rings (SSSR count). The molecule has 0 bridgehead atoms. The minimum Gasteiger partial charge on any atom is -0.392 e. The van der Waals surface area contributed by atoms with Crippen molar-refractivity contribution in [2.75, 3.05) is 23.9 Å². The van der Waals surface area contributed by atoms with Crippen molar-refractivity contribution < 1.29 is 9.90 Å². The summed E-state index contributed by atoms with van der Waals surface area (Å²) in [7, 11) is 0. The van der Waals surface area contributed by atoms with Crippen LogP contribution in [0.1, 0.15) is 24.0 Å². The van der Waals surface area contributed by atoms with Crippen molar-refractivity contribution in [2.24, 2.45) is 10.7 Å². The minimum atomic E-state index is -0.718. The first-order valence-corrected chi connectivity index (χ1v) is 8.29. The van der Waals surface area contributed by atoms with Crippen molar-refractivity contribution in [1.82, 2.24) is 0 Å². The molecule has 1 aliphatic rings. The average Bonchev–Trinajstić information content (AvgIpc) is 2.74. The number of nitrogens with two attached hydrogens (primary N) is 1. The molecule has 2 atom stereocenters. The Bertz CT molecular complexity index is 560. The van der Waals surface area contributed by atoms with Gasteiger partial charge >= 0.3 is 0 Å². The summed E-state index contributed by atoms with van der Waals surface area (Å²) in [5.74, 6) is 0.719. The molecule has 114 valence electrons. The van der Waals surface area contributed by atoms with Crippen molar-refractivity contribution in [3.8, 4) is 0 Å². The van der Waals surface area contributed by atoms with Gasteiger partial charge in [0, 0.05) is 18.0 Å². The fourth-order valence-corrected chi connectivity index (χ4v) is 2.87. The van der Waals surface area contributed by atoms with Gasteiger partial charge in [-0.25, -0.2) is 0 Å². The average molecular weight is 307 g/mol. The molecule has 1 aromatic rings. The standard InChI is InChI=1S/C15H21N3O2S/c1-9(17-5-6-21-2)18-11-4-3-10-7-13(19)14(15(16)20)12(10)8-11/h3-4,8,13-14,19H,5-7H2,1-2H3,(H2,16,20)(H,17,18)/t13-,14-/m1/s1. The molecule has 0 heterocycles. The van der Waals surface area contributed by atoms with Gasteiger partial charge in [0.25, 0.3) is 0 Å². The third-order valence-corrected chi connectivity index (χ3v) is 4.16. The molecule has 0 radical (unpaired) electrons. The molecule has 0 spiro atoms. The Kier molecular flexibility index (Phi) is 5.25. The van der Waals surface area contributed by atoms with Crippen molar-refractivity contribution in [3.63, 3.8) is 0 Å². The predicted octanol–water partition coefficient (Wildman–Crippen LogP) is 1.37. The number of hydrogen-bond acceptors (Lipinski definition) is 4. The first-order valence-electron chi connectivity index (χ1n) is 6.90. The normalized spacial score (nSPS) is 21.2. The van der Waals surface area contributed by atoms with Crippen LogP contribution in [0.4, 0.5) is 5.69 Å². The van der Waals surface area contributed by atoms with E-state index in [0.717, 1.165) is 34.9 Å². The fourth-order valence-electron chi connectivity index (χ4n) is 2.59. The zero-order chi connectivity index (χ0) is 15.4. The summed E-state index contributed by atoms with van der Waals surface area (Å²) >= 11 is 1.76. The number of carbonyl (C=O) groups is 1. The minimum absolute atomic E-state index is 0.476. The van der Waals surface area contributed by atoms with Crippen LogP contribution in [0, 0.1) is 0 Å². The second-order valence-corrected chi connectivity index (χ2v) is 6.14. The highest BCUT2D eigenvalue weighted by atomic mass is 32.2. The van der Waals surface area contributed by atoms with Crippen LogP contribution in [-0.2, 0) is 11.2 Å². The van der Waals surface area contributed by atoms with E-state index in [1.807, 2.05) is 31.4 Å². The molecule has 0 fully saturated rings. The Labute approximate surface area is 129 Å². The first-order chi connectivity index (χ1) is 10.0. The Balaban J connectivity index is 2.14. The number of anilines is 1. The largest absolute Gasteiger partial charge is 0.392 e. The van der Waals surface area contributed by atoms with Crippen molar-refractivity contribution >= 4 is 29.2 Å². The van der Waals surface area contributed by atoms with E-state index < -0.39 is 17.9 Å². The maximum Gasteiger partial charge on any atom is 0.227 e. The molecule has 0 saturated carbocycles. The van der Waals surface area contributed by atoms with Crippen molar-refractivity contribution in [2.45, 2.75) is 25.4 Å². The number of fused-ring (bicyclic) bond motifs is 1. The highest BCUT2D eigenvalue weighted by Crippen LogP contribution is 2.35. The highest BCUT2D eigenvalue weighted by molar-refractivity contribution is 7.98. The first kappa shape index (κ1) is 15.9. The summed E-state index contributed by atoms with van der Waals surface area (Å²) in [4.78, 5) is 15.9. The number of nitrogens with one attached hydrogen (secondary N) is 1. The van der Waals surface area contributed by atoms with Crippen LogP contribution in [0.15, 0.2) is 23.2 Å². The van der Waals surface area contributed by atoms with E-state index in [-0.39, 0.29) is 0 Å².